The van der Waals surface area contributed by atoms with E-state index >= 15 is 0 Å². The SMILES string of the molecule is Cc1c(NC(=O)COc2ccc(S(=O)(=O)Nc3cccc(C(F)(F)F)c3)cc2)cccc1[N+](=O)[O-]. The zero-order valence-corrected chi connectivity index (χ0v) is 18.8. The van der Waals surface area contributed by atoms with Crippen LogP contribution in [-0.2, 0) is 21.0 Å². The van der Waals surface area contributed by atoms with Crippen molar-refractivity contribution < 1.29 is 36.0 Å². The van der Waals surface area contributed by atoms with Gasteiger partial charge in [-0.2, -0.15) is 13.2 Å². The molecule has 2 N–H and O–H groups in total. The predicted octanol–water partition coefficient (Wildman–Crippen LogP) is 4.74. The second-order valence-corrected chi connectivity index (χ2v) is 8.88. The lowest BCUT2D eigenvalue weighted by Crippen LogP contribution is -2.21. The van der Waals surface area contributed by atoms with Crippen LogP contribution in [0, 0.1) is 17.0 Å². The average Bonchev–Trinajstić information content (AvgIpc) is 2.78. The van der Waals surface area contributed by atoms with Gasteiger partial charge in [-0.15, -0.1) is 0 Å². The number of hydrogen-bond donors (Lipinski definition) is 2. The summed E-state index contributed by atoms with van der Waals surface area (Å²) in [7, 11) is -4.19. The van der Waals surface area contributed by atoms with Crippen LogP contribution in [0.3, 0.4) is 0 Å². The van der Waals surface area contributed by atoms with Crippen LogP contribution in [0.4, 0.5) is 30.2 Å². The minimum Gasteiger partial charge on any atom is -0.484 e. The van der Waals surface area contributed by atoms with Gasteiger partial charge in [0.25, 0.3) is 21.6 Å². The number of alkyl halides is 3. The van der Waals surface area contributed by atoms with Crippen LogP contribution in [-0.4, -0.2) is 25.9 Å². The van der Waals surface area contributed by atoms with Crippen molar-refractivity contribution in [3.63, 3.8) is 0 Å². The van der Waals surface area contributed by atoms with Crippen molar-refractivity contribution in [2.75, 3.05) is 16.6 Å². The number of hydrogen-bond acceptors (Lipinski definition) is 6. The molecule has 1 amide bonds. The molecule has 0 heterocycles. The second kappa shape index (κ2) is 10.0. The van der Waals surface area contributed by atoms with Gasteiger partial charge in [-0.25, -0.2) is 8.42 Å². The Kier molecular flexibility index (Phi) is 7.29. The average molecular weight is 509 g/mol. The number of ether oxygens (including phenoxy) is 1. The summed E-state index contributed by atoms with van der Waals surface area (Å²) < 4.78 is 70.9. The van der Waals surface area contributed by atoms with Crippen molar-refractivity contribution in [3.8, 4) is 5.75 Å². The Bertz CT molecular complexity index is 1360. The number of nitro groups is 1. The molecule has 35 heavy (non-hydrogen) atoms. The van der Waals surface area contributed by atoms with Crippen molar-refractivity contribution in [2.45, 2.75) is 18.0 Å². The largest absolute Gasteiger partial charge is 0.484 e. The minimum atomic E-state index is -4.62. The van der Waals surface area contributed by atoms with Crippen molar-refractivity contribution in [1.29, 1.82) is 0 Å². The van der Waals surface area contributed by atoms with Crippen molar-refractivity contribution >= 4 is 33.0 Å². The quantitative estimate of drug-likeness (QED) is 0.334. The molecule has 0 atom stereocenters. The van der Waals surface area contributed by atoms with Gasteiger partial charge in [0.2, 0.25) is 0 Å². The summed E-state index contributed by atoms with van der Waals surface area (Å²) in [5.74, 6) is -0.453. The van der Waals surface area contributed by atoms with E-state index in [4.69, 9.17) is 4.74 Å². The van der Waals surface area contributed by atoms with Crippen LogP contribution in [0.1, 0.15) is 11.1 Å². The van der Waals surface area contributed by atoms with E-state index < -0.39 is 39.2 Å². The standard InChI is InChI=1S/C22H18F3N3O6S/c1-14-19(6-3-7-20(14)28(30)31)26-21(29)13-34-17-8-10-18(11-9-17)35(32,33)27-16-5-2-4-15(12-16)22(23,24)25/h2-12,27H,13H2,1H3,(H,26,29). The first-order chi connectivity index (χ1) is 16.4. The van der Waals surface area contributed by atoms with Crippen LogP contribution < -0.4 is 14.8 Å². The zero-order chi connectivity index (χ0) is 25.8. The Morgan fingerprint density at radius 1 is 1.06 bits per heavy atom. The molecule has 13 heteroatoms. The molecule has 0 aliphatic heterocycles. The van der Waals surface area contributed by atoms with Crippen molar-refractivity contribution in [2.24, 2.45) is 0 Å². The number of amides is 1. The number of nitrogens with zero attached hydrogens (tertiary/aromatic N) is 1. The number of benzene rings is 3. The molecule has 0 aromatic heterocycles. The van der Waals surface area contributed by atoms with E-state index in [0.29, 0.717) is 6.07 Å². The van der Waals surface area contributed by atoms with E-state index in [1.165, 1.54) is 43.3 Å². The van der Waals surface area contributed by atoms with E-state index in [9.17, 15) is 36.5 Å². The molecule has 0 aliphatic rings. The van der Waals surface area contributed by atoms with Crippen molar-refractivity contribution in [3.05, 3.63) is 88.0 Å². The number of sulfonamides is 1. The fourth-order valence-electron chi connectivity index (χ4n) is 2.98. The van der Waals surface area contributed by atoms with Gasteiger partial charge in [0.1, 0.15) is 5.75 Å². The molecule has 0 radical (unpaired) electrons. The van der Waals surface area contributed by atoms with E-state index in [1.54, 1.807) is 0 Å². The van der Waals surface area contributed by atoms with Crippen LogP contribution >= 0.6 is 0 Å². The molecule has 9 nitrogen and oxygen atoms in total. The van der Waals surface area contributed by atoms with Crippen molar-refractivity contribution in [1.82, 2.24) is 0 Å². The first-order valence-corrected chi connectivity index (χ1v) is 11.3. The molecule has 0 saturated heterocycles. The lowest BCUT2D eigenvalue weighted by atomic mass is 10.1. The van der Waals surface area contributed by atoms with E-state index in [-0.39, 0.29) is 33.3 Å². The Morgan fingerprint density at radius 2 is 1.71 bits per heavy atom. The summed E-state index contributed by atoms with van der Waals surface area (Å²) in [6.45, 7) is 1.03. The fourth-order valence-corrected chi connectivity index (χ4v) is 4.03. The molecule has 184 valence electrons. The molecule has 0 bridgehead atoms. The molecular weight excluding hydrogens is 491 g/mol. The van der Waals surface area contributed by atoms with Gasteiger partial charge in [0.15, 0.2) is 6.61 Å². The Morgan fingerprint density at radius 3 is 2.34 bits per heavy atom. The molecule has 0 fully saturated rings. The number of nitro benzene ring substituents is 1. The Balaban J connectivity index is 1.62. The Hall–Kier alpha value is -4.13. The molecule has 3 aromatic carbocycles. The monoisotopic (exact) mass is 509 g/mol. The lowest BCUT2D eigenvalue weighted by Gasteiger charge is -2.12. The highest BCUT2D eigenvalue weighted by molar-refractivity contribution is 7.92. The maximum Gasteiger partial charge on any atom is 0.416 e. The van der Waals surface area contributed by atoms with Gasteiger partial charge < -0.3 is 10.1 Å². The normalized spacial score (nSPS) is 11.5. The topological polar surface area (TPSA) is 128 Å². The zero-order valence-electron chi connectivity index (χ0n) is 18.0. The first-order valence-electron chi connectivity index (χ1n) is 9.83. The van der Waals surface area contributed by atoms with Crippen LogP contribution in [0.2, 0.25) is 0 Å². The molecule has 0 spiro atoms. The summed E-state index contributed by atoms with van der Waals surface area (Å²) in [5.41, 5.74) is -0.892. The third kappa shape index (κ3) is 6.47. The summed E-state index contributed by atoms with van der Waals surface area (Å²) in [6, 6.07) is 12.9. The molecule has 0 aliphatic carbocycles. The maximum absolute atomic E-state index is 12.8. The summed E-state index contributed by atoms with van der Waals surface area (Å²) >= 11 is 0. The third-order valence-electron chi connectivity index (χ3n) is 4.72. The highest BCUT2D eigenvalue weighted by Gasteiger charge is 2.30. The van der Waals surface area contributed by atoms with Gasteiger partial charge >= 0.3 is 6.18 Å². The summed E-state index contributed by atoms with van der Waals surface area (Å²) in [4.78, 5) is 22.3. The molecule has 0 unspecified atom stereocenters. The van der Waals surface area contributed by atoms with Crippen LogP contribution in [0.25, 0.3) is 0 Å². The van der Waals surface area contributed by atoms with Gasteiger partial charge in [-0.05, 0) is 55.5 Å². The van der Waals surface area contributed by atoms with Gasteiger partial charge in [-0.1, -0.05) is 12.1 Å². The number of nitrogens with one attached hydrogen (secondary N) is 2. The summed E-state index contributed by atoms with van der Waals surface area (Å²) in [6.07, 6.45) is -4.62. The van der Waals surface area contributed by atoms with E-state index in [1.807, 2.05) is 0 Å². The third-order valence-corrected chi connectivity index (χ3v) is 6.12. The molecule has 0 saturated carbocycles. The highest BCUT2D eigenvalue weighted by Crippen LogP contribution is 2.31. The van der Waals surface area contributed by atoms with Crippen LogP contribution in [0.15, 0.2) is 71.6 Å². The van der Waals surface area contributed by atoms with Gasteiger partial charge in [0.05, 0.1) is 26.6 Å². The second-order valence-electron chi connectivity index (χ2n) is 7.20. The highest BCUT2D eigenvalue weighted by atomic mass is 32.2. The van der Waals surface area contributed by atoms with Crippen LogP contribution in [0.5, 0.6) is 5.75 Å². The molecule has 3 rings (SSSR count). The van der Waals surface area contributed by atoms with E-state index in [0.717, 1.165) is 24.3 Å². The number of anilines is 2. The first kappa shape index (κ1) is 25.5. The number of rotatable bonds is 8. The number of carbonyl (C=O) groups excluding carboxylic acids is 1. The maximum atomic E-state index is 12.8. The van der Waals surface area contributed by atoms with E-state index in [2.05, 4.69) is 10.0 Å². The fraction of sp³-hybridized carbons (Fsp3) is 0.136. The van der Waals surface area contributed by atoms with Gasteiger partial charge in [0, 0.05) is 11.8 Å². The summed E-state index contributed by atoms with van der Waals surface area (Å²) in [5, 5.41) is 13.5. The molecule has 3 aromatic rings. The molecular formula is C22H18F3N3O6S. The minimum absolute atomic E-state index is 0.147. The predicted molar refractivity (Wildman–Crippen MR) is 121 cm³/mol. The Labute approximate surface area is 197 Å². The number of halogens is 3. The lowest BCUT2D eigenvalue weighted by molar-refractivity contribution is -0.385. The smallest absolute Gasteiger partial charge is 0.416 e. The van der Waals surface area contributed by atoms with Gasteiger partial charge in [-0.3, -0.25) is 19.6 Å². The number of carbonyl (C=O) groups is 1.